The van der Waals surface area contributed by atoms with Gasteiger partial charge in [0.2, 0.25) is 10.0 Å². The van der Waals surface area contributed by atoms with Crippen molar-refractivity contribution in [1.29, 1.82) is 0 Å². The molecule has 4 nitrogen and oxygen atoms in total. The molecule has 1 aliphatic heterocycles. The molecule has 1 N–H and O–H groups in total. The van der Waals surface area contributed by atoms with Gasteiger partial charge >= 0.3 is 0 Å². The lowest BCUT2D eigenvalue weighted by Gasteiger charge is -2.23. The van der Waals surface area contributed by atoms with Crippen LogP contribution in [0.5, 0.6) is 0 Å². The maximum absolute atomic E-state index is 12.3. The Labute approximate surface area is 122 Å². The number of halogens is 2. The van der Waals surface area contributed by atoms with Crippen LogP contribution in [0.15, 0.2) is 33.6 Å². The normalized spacial score (nSPS) is 19.8. The molecule has 1 unspecified atom stereocenters. The number of benzene rings is 1. The lowest BCUT2D eigenvalue weighted by molar-refractivity contribution is 0.388. The number of likely N-dealkylation sites (N-methyl/N-ethyl adjacent to an activating group) is 1. The van der Waals surface area contributed by atoms with Crippen LogP contribution in [0.25, 0.3) is 0 Å². The van der Waals surface area contributed by atoms with Gasteiger partial charge in [0.05, 0.1) is 4.90 Å². The van der Waals surface area contributed by atoms with Crippen molar-refractivity contribution in [3.63, 3.8) is 0 Å². The molecule has 0 bridgehead atoms. The van der Waals surface area contributed by atoms with E-state index >= 15 is 0 Å². The number of hydrogen-bond acceptors (Lipinski definition) is 3. The van der Waals surface area contributed by atoms with Crippen molar-refractivity contribution in [3.05, 3.63) is 28.7 Å². The summed E-state index contributed by atoms with van der Waals surface area (Å²) in [5.74, 6) is 0. The smallest absolute Gasteiger partial charge is 0.243 e. The molecule has 0 aliphatic carbocycles. The predicted octanol–water partition coefficient (Wildman–Crippen LogP) is 1.85. The maximum Gasteiger partial charge on any atom is 0.243 e. The van der Waals surface area contributed by atoms with Gasteiger partial charge in [0.15, 0.2) is 0 Å². The van der Waals surface area contributed by atoms with E-state index < -0.39 is 10.0 Å². The molecule has 0 saturated carbocycles. The minimum Gasteiger partial charge on any atom is -0.315 e. The predicted molar refractivity (Wildman–Crippen MR) is 77.6 cm³/mol. The first kappa shape index (κ1) is 15.9. The molecular formula is C11H16BrClN2O2S. The first-order valence-corrected chi connectivity index (χ1v) is 7.69. The van der Waals surface area contributed by atoms with E-state index in [1.165, 1.54) is 4.31 Å². The summed E-state index contributed by atoms with van der Waals surface area (Å²) in [6, 6.07) is 6.79. The second-order valence-corrected chi connectivity index (χ2v) is 7.03. The third kappa shape index (κ3) is 3.24. The Balaban J connectivity index is 0.00000162. The second-order valence-electron chi connectivity index (χ2n) is 4.12. The van der Waals surface area contributed by atoms with Gasteiger partial charge in [-0.2, -0.15) is 4.31 Å². The van der Waals surface area contributed by atoms with E-state index in [-0.39, 0.29) is 18.4 Å². The minimum absolute atomic E-state index is 0. The molecular weight excluding hydrogens is 340 g/mol. The quantitative estimate of drug-likeness (QED) is 0.900. The lowest BCUT2D eigenvalue weighted by Crippen LogP contribution is -2.38. The third-order valence-corrected chi connectivity index (χ3v) is 5.49. The summed E-state index contributed by atoms with van der Waals surface area (Å²) in [6.45, 7) is 1.61. The average molecular weight is 356 g/mol. The van der Waals surface area contributed by atoms with Gasteiger partial charge in [0.25, 0.3) is 0 Å². The van der Waals surface area contributed by atoms with Gasteiger partial charge in [0.1, 0.15) is 0 Å². The van der Waals surface area contributed by atoms with Crippen LogP contribution >= 0.6 is 28.3 Å². The van der Waals surface area contributed by atoms with Gasteiger partial charge in [-0.05, 0) is 37.2 Å². The van der Waals surface area contributed by atoms with Crippen molar-refractivity contribution in [2.45, 2.75) is 17.4 Å². The van der Waals surface area contributed by atoms with Crippen LogP contribution in [0.2, 0.25) is 0 Å². The Morgan fingerprint density at radius 3 is 2.44 bits per heavy atom. The third-order valence-electron chi connectivity index (χ3n) is 3.04. The zero-order valence-corrected chi connectivity index (χ0v) is 13.2. The van der Waals surface area contributed by atoms with Crippen LogP contribution in [0.3, 0.4) is 0 Å². The molecule has 0 spiro atoms. The molecule has 1 aromatic carbocycles. The van der Waals surface area contributed by atoms with Crippen LogP contribution in [0.1, 0.15) is 6.42 Å². The van der Waals surface area contributed by atoms with E-state index in [1.807, 2.05) is 0 Å². The highest BCUT2D eigenvalue weighted by Crippen LogP contribution is 2.21. The monoisotopic (exact) mass is 354 g/mol. The van der Waals surface area contributed by atoms with E-state index in [0.717, 1.165) is 24.0 Å². The Morgan fingerprint density at radius 2 is 1.94 bits per heavy atom. The molecule has 0 aromatic heterocycles. The van der Waals surface area contributed by atoms with Gasteiger partial charge < -0.3 is 5.32 Å². The van der Waals surface area contributed by atoms with Crippen LogP contribution < -0.4 is 5.32 Å². The van der Waals surface area contributed by atoms with Gasteiger partial charge in [-0.1, -0.05) is 15.9 Å². The van der Waals surface area contributed by atoms with E-state index in [1.54, 1.807) is 31.3 Å². The molecule has 0 amide bonds. The minimum atomic E-state index is -3.37. The van der Waals surface area contributed by atoms with Crippen molar-refractivity contribution >= 4 is 38.4 Å². The summed E-state index contributed by atoms with van der Waals surface area (Å²) in [5, 5.41) is 3.17. The highest BCUT2D eigenvalue weighted by molar-refractivity contribution is 9.10. The lowest BCUT2D eigenvalue weighted by atomic mass is 10.3. The first-order valence-electron chi connectivity index (χ1n) is 5.46. The van der Waals surface area contributed by atoms with E-state index in [4.69, 9.17) is 0 Å². The SMILES string of the molecule is CN(C1CCNC1)S(=O)(=O)c1ccc(Br)cc1.Cl. The van der Waals surface area contributed by atoms with Crippen molar-refractivity contribution in [1.82, 2.24) is 9.62 Å². The van der Waals surface area contributed by atoms with Gasteiger partial charge in [-0.25, -0.2) is 8.42 Å². The molecule has 7 heteroatoms. The molecule has 1 saturated heterocycles. The summed E-state index contributed by atoms with van der Waals surface area (Å²) in [6.07, 6.45) is 0.867. The standard InChI is InChI=1S/C11H15BrN2O2S.ClH/c1-14(10-6-7-13-8-10)17(15,16)11-4-2-9(12)3-5-11;/h2-5,10,13H,6-8H2,1H3;1H. The topological polar surface area (TPSA) is 49.4 Å². The summed E-state index contributed by atoms with van der Waals surface area (Å²) >= 11 is 3.30. The number of nitrogens with one attached hydrogen (secondary N) is 1. The molecule has 1 heterocycles. The number of hydrogen-bond donors (Lipinski definition) is 1. The summed E-state index contributed by atoms with van der Waals surface area (Å²) in [5.41, 5.74) is 0. The van der Waals surface area contributed by atoms with E-state index in [9.17, 15) is 8.42 Å². The fourth-order valence-electron chi connectivity index (χ4n) is 1.92. The van der Waals surface area contributed by atoms with Crippen LogP contribution in [0.4, 0.5) is 0 Å². The maximum atomic E-state index is 12.3. The largest absolute Gasteiger partial charge is 0.315 e. The van der Waals surface area contributed by atoms with Crippen LogP contribution in [0, 0.1) is 0 Å². The Morgan fingerprint density at radius 1 is 1.33 bits per heavy atom. The zero-order chi connectivity index (χ0) is 12.5. The summed E-state index contributed by atoms with van der Waals surface area (Å²) < 4.78 is 27.0. The van der Waals surface area contributed by atoms with Gasteiger partial charge in [0, 0.05) is 24.1 Å². The van der Waals surface area contributed by atoms with Crippen LogP contribution in [-0.4, -0.2) is 38.9 Å². The molecule has 1 atom stereocenters. The van der Waals surface area contributed by atoms with Gasteiger partial charge in [-0.15, -0.1) is 12.4 Å². The van der Waals surface area contributed by atoms with Crippen molar-refractivity contribution in [3.8, 4) is 0 Å². The highest BCUT2D eigenvalue weighted by atomic mass is 79.9. The number of nitrogens with zero attached hydrogens (tertiary/aromatic N) is 1. The van der Waals surface area contributed by atoms with Crippen molar-refractivity contribution < 1.29 is 8.42 Å². The van der Waals surface area contributed by atoms with E-state index in [0.29, 0.717) is 4.90 Å². The van der Waals surface area contributed by atoms with Crippen molar-refractivity contribution in [2.24, 2.45) is 0 Å². The Kier molecular flexibility index (Phi) is 5.61. The first-order chi connectivity index (χ1) is 8.01. The Bertz CT molecular complexity index is 486. The molecule has 2 rings (SSSR count). The molecule has 102 valence electrons. The molecule has 1 fully saturated rings. The van der Waals surface area contributed by atoms with Crippen LogP contribution in [-0.2, 0) is 10.0 Å². The molecule has 1 aliphatic rings. The second kappa shape index (κ2) is 6.34. The number of sulfonamides is 1. The number of rotatable bonds is 3. The van der Waals surface area contributed by atoms with E-state index in [2.05, 4.69) is 21.2 Å². The summed E-state index contributed by atoms with van der Waals surface area (Å²) in [4.78, 5) is 0.343. The molecule has 1 aromatic rings. The Hall–Kier alpha value is -0.140. The average Bonchev–Trinajstić information content (AvgIpc) is 2.82. The fraction of sp³-hybridized carbons (Fsp3) is 0.455. The molecule has 18 heavy (non-hydrogen) atoms. The highest BCUT2D eigenvalue weighted by Gasteiger charge is 2.29. The summed E-state index contributed by atoms with van der Waals surface area (Å²) in [7, 11) is -1.72. The molecule has 0 radical (unpaired) electrons. The fourth-order valence-corrected chi connectivity index (χ4v) is 3.57. The van der Waals surface area contributed by atoms with Crippen molar-refractivity contribution in [2.75, 3.05) is 20.1 Å². The van der Waals surface area contributed by atoms with Gasteiger partial charge in [-0.3, -0.25) is 0 Å². The zero-order valence-electron chi connectivity index (χ0n) is 9.97.